The molecule has 10 heavy (non-hydrogen) atoms. The van der Waals surface area contributed by atoms with E-state index in [0.29, 0.717) is 12.8 Å². The molecule has 3 heteroatoms. The number of rotatable bonds is 3. The van der Waals surface area contributed by atoms with Crippen molar-refractivity contribution in [3.63, 3.8) is 0 Å². The first-order chi connectivity index (χ1) is 4.72. The van der Waals surface area contributed by atoms with Crippen LogP contribution in [0, 0.1) is 12.3 Å². The molecule has 0 saturated carbocycles. The maximum absolute atomic E-state index is 10.6. The maximum atomic E-state index is 10.6. The van der Waals surface area contributed by atoms with Gasteiger partial charge < -0.3 is 10.5 Å². The molecule has 0 amide bonds. The van der Waals surface area contributed by atoms with Gasteiger partial charge in [0.05, 0.1) is 7.11 Å². The highest BCUT2D eigenvalue weighted by Gasteiger charge is 2.11. The molecular formula is C7H11NO2. The van der Waals surface area contributed by atoms with Crippen LogP contribution < -0.4 is 5.73 Å². The fraction of sp³-hybridized carbons (Fsp3) is 0.571. The number of ether oxygens (including phenoxy) is 1. The smallest absolute Gasteiger partial charge is 0.322 e. The van der Waals surface area contributed by atoms with Crippen LogP contribution in [0.5, 0.6) is 0 Å². The summed E-state index contributed by atoms with van der Waals surface area (Å²) in [6, 6.07) is -0.568. The molecule has 0 aliphatic rings. The number of carbonyl (C=O) groups excluding carboxylic acids is 1. The number of terminal acetylenes is 1. The van der Waals surface area contributed by atoms with Crippen LogP contribution in [0.4, 0.5) is 0 Å². The highest BCUT2D eigenvalue weighted by Crippen LogP contribution is 1.94. The van der Waals surface area contributed by atoms with Crippen LogP contribution in [0.1, 0.15) is 12.8 Å². The highest BCUT2D eigenvalue weighted by atomic mass is 16.5. The van der Waals surface area contributed by atoms with Crippen molar-refractivity contribution in [3.05, 3.63) is 0 Å². The van der Waals surface area contributed by atoms with Crippen LogP contribution in [-0.2, 0) is 9.53 Å². The third kappa shape index (κ3) is 3.10. The minimum atomic E-state index is -0.568. The molecule has 0 saturated heterocycles. The Morgan fingerprint density at radius 2 is 2.50 bits per heavy atom. The predicted octanol–water partition coefficient (Wildman–Crippen LogP) is -0.0999. The Hall–Kier alpha value is -1.01. The van der Waals surface area contributed by atoms with E-state index < -0.39 is 12.0 Å². The van der Waals surface area contributed by atoms with E-state index >= 15 is 0 Å². The minimum absolute atomic E-state index is 0.407. The normalized spacial score (nSPS) is 11.7. The fourth-order valence-corrected chi connectivity index (χ4v) is 0.508. The van der Waals surface area contributed by atoms with Crippen molar-refractivity contribution in [1.29, 1.82) is 0 Å². The Morgan fingerprint density at radius 3 is 2.90 bits per heavy atom. The molecular weight excluding hydrogens is 130 g/mol. The molecule has 1 unspecified atom stereocenters. The van der Waals surface area contributed by atoms with E-state index in [4.69, 9.17) is 12.2 Å². The second kappa shape index (κ2) is 4.83. The van der Waals surface area contributed by atoms with E-state index in [9.17, 15) is 4.79 Å². The summed E-state index contributed by atoms with van der Waals surface area (Å²) in [5.41, 5.74) is 5.34. The summed E-state index contributed by atoms with van der Waals surface area (Å²) in [5.74, 6) is 1.98. The number of hydrogen-bond acceptors (Lipinski definition) is 3. The summed E-state index contributed by atoms with van der Waals surface area (Å²) < 4.78 is 4.38. The summed E-state index contributed by atoms with van der Waals surface area (Å²) in [7, 11) is 1.30. The topological polar surface area (TPSA) is 52.3 Å². The van der Waals surface area contributed by atoms with Crippen molar-refractivity contribution in [1.82, 2.24) is 0 Å². The molecule has 1 atom stereocenters. The summed E-state index contributed by atoms with van der Waals surface area (Å²) in [6.07, 6.45) is 5.96. The Bertz CT molecular complexity index is 148. The van der Waals surface area contributed by atoms with Crippen LogP contribution in [0.2, 0.25) is 0 Å². The van der Waals surface area contributed by atoms with Gasteiger partial charge in [-0.3, -0.25) is 4.79 Å². The number of carbonyl (C=O) groups is 1. The van der Waals surface area contributed by atoms with E-state index in [1.807, 2.05) is 0 Å². The zero-order valence-electron chi connectivity index (χ0n) is 5.96. The van der Waals surface area contributed by atoms with Gasteiger partial charge in [-0.1, -0.05) is 0 Å². The van der Waals surface area contributed by atoms with Gasteiger partial charge >= 0.3 is 5.97 Å². The molecule has 0 aromatic heterocycles. The fourth-order valence-electron chi connectivity index (χ4n) is 0.508. The van der Waals surface area contributed by atoms with Gasteiger partial charge in [-0.05, 0) is 6.42 Å². The second-order valence-electron chi connectivity index (χ2n) is 1.87. The third-order valence-electron chi connectivity index (χ3n) is 1.10. The van der Waals surface area contributed by atoms with Gasteiger partial charge in [0.2, 0.25) is 0 Å². The first-order valence-corrected chi connectivity index (χ1v) is 2.99. The van der Waals surface area contributed by atoms with Crippen molar-refractivity contribution in [3.8, 4) is 12.3 Å². The molecule has 0 fully saturated rings. The molecule has 2 N–H and O–H groups in total. The molecule has 56 valence electrons. The zero-order valence-corrected chi connectivity index (χ0v) is 5.96. The average molecular weight is 141 g/mol. The van der Waals surface area contributed by atoms with Crippen molar-refractivity contribution >= 4 is 5.97 Å². The van der Waals surface area contributed by atoms with Gasteiger partial charge in [0, 0.05) is 6.42 Å². The summed E-state index contributed by atoms with van der Waals surface area (Å²) in [6.45, 7) is 0. The van der Waals surface area contributed by atoms with Gasteiger partial charge in [-0.2, -0.15) is 0 Å². The van der Waals surface area contributed by atoms with E-state index in [2.05, 4.69) is 10.7 Å². The largest absolute Gasteiger partial charge is 0.468 e. The summed E-state index contributed by atoms with van der Waals surface area (Å²) in [4.78, 5) is 10.6. The molecule has 0 heterocycles. The van der Waals surface area contributed by atoms with Crippen LogP contribution >= 0.6 is 0 Å². The molecule has 0 radical (unpaired) electrons. The lowest BCUT2D eigenvalue weighted by molar-refractivity contribution is -0.142. The van der Waals surface area contributed by atoms with E-state index in [1.165, 1.54) is 7.11 Å². The quantitative estimate of drug-likeness (QED) is 0.441. The lowest BCUT2D eigenvalue weighted by Gasteiger charge is -2.05. The van der Waals surface area contributed by atoms with Gasteiger partial charge in [0.25, 0.3) is 0 Å². The minimum Gasteiger partial charge on any atom is -0.468 e. The summed E-state index contributed by atoms with van der Waals surface area (Å²) in [5, 5.41) is 0. The lowest BCUT2D eigenvalue weighted by Crippen LogP contribution is -2.31. The number of hydrogen-bond donors (Lipinski definition) is 1. The molecule has 0 rings (SSSR count). The van der Waals surface area contributed by atoms with Crippen molar-refractivity contribution in [2.45, 2.75) is 18.9 Å². The first-order valence-electron chi connectivity index (χ1n) is 2.99. The Kier molecular flexibility index (Phi) is 4.34. The van der Waals surface area contributed by atoms with Gasteiger partial charge in [-0.25, -0.2) is 0 Å². The van der Waals surface area contributed by atoms with Crippen LogP contribution in [0.3, 0.4) is 0 Å². The Morgan fingerprint density at radius 1 is 1.90 bits per heavy atom. The zero-order chi connectivity index (χ0) is 7.98. The average Bonchev–Trinajstić information content (AvgIpc) is 1.98. The molecule has 0 aromatic carbocycles. The lowest BCUT2D eigenvalue weighted by atomic mass is 10.2. The first kappa shape index (κ1) is 8.99. The molecule has 0 bridgehead atoms. The number of nitrogens with two attached hydrogens (primary N) is 1. The van der Waals surface area contributed by atoms with Crippen molar-refractivity contribution in [2.75, 3.05) is 7.11 Å². The monoisotopic (exact) mass is 141 g/mol. The van der Waals surface area contributed by atoms with Gasteiger partial charge in [-0.15, -0.1) is 12.3 Å². The van der Waals surface area contributed by atoms with Crippen LogP contribution in [-0.4, -0.2) is 19.1 Å². The number of esters is 1. The Balaban J connectivity index is 3.53. The van der Waals surface area contributed by atoms with Crippen molar-refractivity contribution in [2.24, 2.45) is 5.73 Å². The maximum Gasteiger partial charge on any atom is 0.322 e. The SMILES string of the molecule is C#CCCC(N)C(=O)OC. The Labute approximate surface area is 60.5 Å². The standard InChI is InChI=1S/C7H11NO2/c1-3-4-5-6(8)7(9)10-2/h1,6H,4-5,8H2,2H3. The van der Waals surface area contributed by atoms with Crippen LogP contribution in [0.15, 0.2) is 0 Å². The summed E-state index contributed by atoms with van der Waals surface area (Å²) >= 11 is 0. The molecule has 0 spiro atoms. The molecule has 0 aromatic rings. The van der Waals surface area contributed by atoms with E-state index in [-0.39, 0.29) is 0 Å². The molecule has 0 aliphatic heterocycles. The highest BCUT2D eigenvalue weighted by molar-refractivity contribution is 5.75. The van der Waals surface area contributed by atoms with Crippen LogP contribution in [0.25, 0.3) is 0 Å². The van der Waals surface area contributed by atoms with E-state index in [0.717, 1.165) is 0 Å². The van der Waals surface area contributed by atoms with Gasteiger partial charge in [0.15, 0.2) is 0 Å². The molecule has 3 nitrogen and oxygen atoms in total. The molecule has 0 aliphatic carbocycles. The number of methoxy groups -OCH3 is 1. The third-order valence-corrected chi connectivity index (χ3v) is 1.10. The predicted molar refractivity (Wildman–Crippen MR) is 38.1 cm³/mol. The van der Waals surface area contributed by atoms with Gasteiger partial charge in [0.1, 0.15) is 6.04 Å². The van der Waals surface area contributed by atoms with E-state index in [1.54, 1.807) is 0 Å². The van der Waals surface area contributed by atoms with Crippen molar-refractivity contribution < 1.29 is 9.53 Å². The second-order valence-corrected chi connectivity index (χ2v) is 1.87.